The van der Waals surface area contributed by atoms with Gasteiger partial charge in [0.05, 0.1) is 6.61 Å². The topological polar surface area (TPSA) is 117 Å². The van der Waals surface area contributed by atoms with Gasteiger partial charge in [-0.3, -0.25) is 10.1 Å². The average molecular weight is 326 g/mol. The molecule has 2 heterocycles. The van der Waals surface area contributed by atoms with Gasteiger partial charge in [0.1, 0.15) is 6.54 Å². The van der Waals surface area contributed by atoms with E-state index in [-0.39, 0.29) is 13.2 Å². The number of rotatable bonds is 5. The Balaban J connectivity index is 2.01. The van der Waals surface area contributed by atoms with Gasteiger partial charge < -0.3 is 10.1 Å². The first kappa shape index (κ1) is 15.8. The lowest BCUT2D eigenvalue weighted by Gasteiger charge is -2.19. The van der Waals surface area contributed by atoms with E-state index in [0.717, 1.165) is 5.01 Å². The van der Waals surface area contributed by atoms with Crippen LogP contribution in [0.3, 0.4) is 0 Å². The molecule has 0 radical (unpaired) electrons. The van der Waals surface area contributed by atoms with Gasteiger partial charge in [0.25, 0.3) is 0 Å². The Bertz CT molecular complexity index is 588. The van der Waals surface area contributed by atoms with Crippen molar-refractivity contribution in [2.45, 2.75) is 13.0 Å². The molecule has 1 atom stereocenters. The van der Waals surface area contributed by atoms with Crippen molar-refractivity contribution >= 4 is 35.3 Å². The highest BCUT2D eigenvalue weighted by Crippen LogP contribution is 2.20. The minimum absolute atomic E-state index is 0.174. The van der Waals surface area contributed by atoms with Crippen LogP contribution in [-0.2, 0) is 14.3 Å². The van der Waals surface area contributed by atoms with Gasteiger partial charge in [0.2, 0.25) is 5.91 Å². The van der Waals surface area contributed by atoms with E-state index in [0.29, 0.717) is 4.88 Å². The van der Waals surface area contributed by atoms with Gasteiger partial charge in [-0.1, -0.05) is 6.07 Å². The Labute approximate surface area is 129 Å². The van der Waals surface area contributed by atoms with E-state index in [1.165, 1.54) is 11.3 Å². The van der Waals surface area contributed by atoms with Crippen LogP contribution in [-0.4, -0.2) is 42.1 Å². The number of carbonyl (C=O) groups excluding carboxylic acids is 4. The highest BCUT2D eigenvalue weighted by atomic mass is 32.1. The Morgan fingerprint density at radius 3 is 2.82 bits per heavy atom. The molecule has 118 valence electrons. The van der Waals surface area contributed by atoms with Crippen LogP contribution < -0.4 is 16.1 Å². The summed E-state index contributed by atoms with van der Waals surface area (Å²) in [6.07, 6.45) is 0. The molecule has 0 bridgehead atoms. The largest absolute Gasteiger partial charge is 0.464 e. The van der Waals surface area contributed by atoms with Gasteiger partial charge in [0, 0.05) is 4.88 Å². The zero-order chi connectivity index (χ0) is 16.1. The van der Waals surface area contributed by atoms with Gasteiger partial charge in [-0.2, -0.15) is 0 Å². The summed E-state index contributed by atoms with van der Waals surface area (Å²) in [7, 11) is 0. The summed E-state index contributed by atoms with van der Waals surface area (Å²) < 4.78 is 4.92. The van der Waals surface area contributed by atoms with Crippen molar-refractivity contribution in [2.24, 2.45) is 0 Å². The van der Waals surface area contributed by atoms with Crippen LogP contribution in [0.1, 0.15) is 17.8 Å². The molecule has 1 aromatic rings. The summed E-state index contributed by atoms with van der Waals surface area (Å²) in [5.41, 5.74) is 2.20. The van der Waals surface area contributed by atoms with Crippen molar-refractivity contribution in [2.75, 3.05) is 13.2 Å². The predicted molar refractivity (Wildman–Crippen MR) is 75.6 cm³/mol. The predicted octanol–water partition coefficient (Wildman–Crippen LogP) is 0.118. The van der Waals surface area contributed by atoms with Crippen LogP contribution in [0.15, 0.2) is 17.5 Å². The molecule has 1 aliphatic heterocycles. The fourth-order valence-electron chi connectivity index (χ4n) is 1.75. The van der Waals surface area contributed by atoms with Crippen molar-refractivity contribution in [3.63, 3.8) is 0 Å². The number of carbonyl (C=O) groups is 4. The van der Waals surface area contributed by atoms with E-state index in [1.54, 1.807) is 24.4 Å². The normalized spacial score (nSPS) is 15.2. The second-order valence-electron chi connectivity index (χ2n) is 4.23. The third-order valence-electron chi connectivity index (χ3n) is 2.66. The third-order valence-corrected chi connectivity index (χ3v) is 3.59. The maximum atomic E-state index is 11.9. The average Bonchev–Trinajstić information content (AvgIpc) is 3.07. The first-order chi connectivity index (χ1) is 10.5. The van der Waals surface area contributed by atoms with Gasteiger partial charge in [-0.05, 0) is 18.4 Å². The summed E-state index contributed by atoms with van der Waals surface area (Å²) in [6, 6.07) is 0.901. The molecule has 1 aliphatic rings. The molecule has 3 N–H and O–H groups in total. The molecule has 0 spiro atoms. The van der Waals surface area contributed by atoms with E-state index in [9.17, 15) is 19.2 Å². The van der Waals surface area contributed by atoms with Crippen molar-refractivity contribution in [3.05, 3.63) is 22.4 Å². The smallest absolute Gasteiger partial charge is 0.343 e. The fourth-order valence-corrected chi connectivity index (χ4v) is 2.51. The zero-order valence-electron chi connectivity index (χ0n) is 11.6. The molecular weight excluding hydrogens is 312 g/mol. The van der Waals surface area contributed by atoms with Gasteiger partial charge in [0.15, 0.2) is 6.04 Å². The third kappa shape index (κ3) is 3.73. The van der Waals surface area contributed by atoms with Crippen LogP contribution in [0.5, 0.6) is 0 Å². The molecule has 1 saturated heterocycles. The summed E-state index contributed by atoms with van der Waals surface area (Å²) in [5.74, 6) is -1.13. The van der Waals surface area contributed by atoms with Gasteiger partial charge in [-0.15, -0.1) is 11.3 Å². The number of urea groups is 2. The monoisotopic (exact) mass is 326 g/mol. The molecule has 1 unspecified atom stereocenters. The van der Waals surface area contributed by atoms with Crippen molar-refractivity contribution in [1.29, 1.82) is 0 Å². The summed E-state index contributed by atoms with van der Waals surface area (Å²) >= 11 is 1.28. The molecule has 1 fully saturated rings. The van der Waals surface area contributed by atoms with Crippen LogP contribution in [0.2, 0.25) is 0 Å². The van der Waals surface area contributed by atoms with Crippen molar-refractivity contribution in [3.8, 4) is 0 Å². The number of amides is 5. The van der Waals surface area contributed by atoms with Crippen LogP contribution >= 0.6 is 11.3 Å². The Morgan fingerprint density at radius 2 is 2.27 bits per heavy atom. The van der Waals surface area contributed by atoms with E-state index in [2.05, 4.69) is 10.7 Å². The number of hydrogen-bond acceptors (Lipinski definition) is 6. The molecule has 0 saturated carbocycles. The molecular formula is C12H14N4O5S. The van der Waals surface area contributed by atoms with E-state index < -0.39 is 30.0 Å². The quantitative estimate of drug-likeness (QED) is 0.525. The molecule has 10 heteroatoms. The molecule has 9 nitrogen and oxygen atoms in total. The molecule has 0 aliphatic carbocycles. The van der Waals surface area contributed by atoms with Crippen molar-refractivity contribution in [1.82, 2.24) is 21.1 Å². The number of hydrogen-bond donors (Lipinski definition) is 3. The first-order valence-corrected chi connectivity index (χ1v) is 7.27. The maximum absolute atomic E-state index is 11.9. The zero-order valence-corrected chi connectivity index (χ0v) is 12.4. The first-order valence-electron chi connectivity index (χ1n) is 6.39. The number of ether oxygens (including phenoxy) is 1. The number of nitrogens with zero attached hydrogens (tertiary/aromatic N) is 1. The van der Waals surface area contributed by atoms with E-state index >= 15 is 0 Å². The van der Waals surface area contributed by atoms with Crippen molar-refractivity contribution < 1.29 is 23.9 Å². The lowest BCUT2D eigenvalue weighted by Crippen LogP contribution is -2.50. The standard InChI is InChI=1S/C12H14N4O5S/c1-2-21-10(18)9(7-4-3-5-22-7)14-11(19)15-16-6-8(17)13-12(16)20/h3-5,9H,2,6H2,1H3,(H,13,17,20)(H2,14,15,19). The van der Waals surface area contributed by atoms with Gasteiger partial charge in [-0.25, -0.2) is 24.8 Å². The molecule has 5 amide bonds. The molecule has 0 aromatic carbocycles. The number of thiophene rings is 1. The Hall–Kier alpha value is -2.62. The van der Waals surface area contributed by atoms with E-state index in [1.807, 2.05) is 5.32 Å². The molecule has 2 rings (SSSR count). The number of nitrogens with one attached hydrogen (secondary N) is 3. The maximum Gasteiger partial charge on any atom is 0.343 e. The summed E-state index contributed by atoms with van der Waals surface area (Å²) in [6.45, 7) is 1.55. The number of hydrazine groups is 1. The Morgan fingerprint density at radius 1 is 1.50 bits per heavy atom. The number of esters is 1. The summed E-state index contributed by atoms with van der Waals surface area (Å²) in [4.78, 5) is 46.8. The molecule has 22 heavy (non-hydrogen) atoms. The minimum atomic E-state index is -0.985. The van der Waals surface area contributed by atoms with Gasteiger partial charge >= 0.3 is 18.0 Å². The second kappa shape index (κ2) is 6.89. The van der Waals surface area contributed by atoms with Crippen LogP contribution in [0.25, 0.3) is 0 Å². The van der Waals surface area contributed by atoms with Crippen LogP contribution in [0, 0.1) is 0 Å². The molecule has 1 aromatic heterocycles. The number of imide groups is 1. The second-order valence-corrected chi connectivity index (χ2v) is 5.20. The lowest BCUT2D eigenvalue weighted by atomic mass is 10.2. The minimum Gasteiger partial charge on any atom is -0.464 e. The fraction of sp³-hybridized carbons (Fsp3) is 0.333. The summed E-state index contributed by atoms with van der Waals surface area (Å²) in [5, 5.41) is 7.00. The highest BCUT2D eigenvalue weighted by molar-refractivity contribution is 7.10. The van der Waals surface area contributed by atoms with E-state index in [4.69, 9.17) is 4.74 Å². The van der Waals surface area contributed by atoms with Crippen LogP contribution in [0.4, 0.5) is 9.59 Å². The SMILES string of the molecule is CCOC(=O)C(NC(=O)NN1CC(=O)NC1=O)c1cccs1. The lowest BCUT2D eigenvalue weighted by molar-refractivity contribution is -0.145. The highest BCUT2D eigenvalue weighted by Gasteiger charge is 2.30. The Kier molecular flexibility index (Phi) is 4.94.